The zero-order valence-corrected chi connectivity index (χ0v) is 12.4. The molecule has 0 aliphatic rings. The number of rotatable bonds is 3. The molecule has 0 bridgehead atoms. The van der Waals surface area contributed by atoms with Crippen LogP contribution in [0.3, 0.4) is 0 Å². The zero-order chi connectivity index (χ0) is 13.2. The van der Waals surface area contributed by atoms with Gasteiger partial charge in [0, 0.05) is 5.02 Å². The molecule has 0 saturated carbocycles. The summed E-state index contributed by atoms with van der Waals surface area (Å²) in [6, 6.07) is 2.85. The molecule has 0 aromatic heterocycles. The van der Waals surface area contributed by atoms with Crippen molar-refractivity contribution < 1.29 is 9.90 Å². The number of aromatic hydroxyl groups is 1. The van der Waals surface area contributed by atoms with E-state index in [1.807, 2.05) is 13.8 Å². The number of benzene rings is 1. The highest BCUT2D eigenvalue weighted by Crippen LogP contribution is 2.35. The molecule has 1 aromatic carbocycles. The van der Waals surface area contributed by atoms with Crippen molar-refractivity contribution in [3.63, 3.8) is 0 Å². The van der Waals surface area contributed by atoms with Crippen LogP contribution in [0.4, 0.5) is 5.69 Å². The van der Waals surface area contributed by atoms with Gasteiger partial charge in [0.1, 0.15) is 0 Å². The number of halogens is 3. The second-order valence-electron chi connectivity index (χ2n) is 3.92. The Kier molecular flexibility index (Phi) is 5.10. The molecule has 0 fully saturated rings. The Labute approximate surface area is 118 Å². The second-order valence-corrected chi connectivity index (χ2v) is 5.75. The fourth-order valence-electron chi connectivity index (χ4n) is 1.17. The minimum Gasteiger partial charge on any atom is -0.504 e. The molecule has 3 nitrogen and oxygen atoms in total. The molecule has 0 unspecified atom stereocenters. The summed E-state index contributed by atoms with van der Waals surface area (Å²) in [7, 11) is 0. The summed E-state index contributed by atoms with van der Waals surface area (Å²) in [6.45, 7) is 3.81. The van der Waals surface area contributed by atoms with Gasteiger partial charge in [0.05, 0.1) is 15.5 Å². The monoisotopic (exact) mass is 339 g/mol. The van der Waals surface area contributed by atoms with Gasteiger partial charge in [-0.25, -0.2) is 0 Å². The van der Waals surface area contributed by atoms with Crippen molar-refractivity contribution in [2.75, 3.05) is 5.32 Å². The Morgan fingerprint density at radius 1 is 1.41 bits per heavy atom. The van der Waals surface area contributed by atoms with E-state index in [2.05, 4.69) is 21.2 Å². The maximum absolute atomic E-state index is 11.8. The van der Waals surface area contributed by atoms with Gasteiger partial charge < -0.3 is 10.4 Å². The van der Waals surface area contributed by atoms with Crippen LogP contribution in [0.5, 0.6) is 5.75 Å². The van der Waals surface area contributed by atoms with Gasteiger partial charge in [-0.2, -0.15) is 0 Å². The molecular formula is C11H12BrCl2NO2. The van der Waals surface area contributed by atoms with Gasteiger partial charge in [0.25, 0.3) is 0 Å². The quantitative estimate of drug-likeness (QED) is 0.644. The van der Waals surface area contributed by atoms with Crippen LogP contribution < -0.4 is 5.32 Å². The van der Waals surface area contributed by atoms with Crippen molar-refractivity contribution in [2.24, 2.45) is 5.92 Å². The van der Waals surface area contributed by atoms with Crippen LogP contribution >= 0.6 is 39.1 Å². The van der Waals surface area contributed by atoms with Crippen LogP contribution in [0, 0.1) is 5.92 Å². The molecule has 94 valence electrons. The Balaban J connectivity index is 2.92. The highest BCUT2D eigenvalue weighted by atomic mass is 79.9. The first-order valence-corrected chi connectivity index (χ1v) is 6.63. The maximum atomic E-state index is 11.8. The number of anilines is 1. The number of phenols is 1. The topological polar surface area (TPSA) is 49.3 Å². The molecule has 0 aliphatic heterocycles. The minimum atomic E-state index is -0.348. The van der Waals surface area contributed by atoms with E-state index in [0.717, 1.165) is 0 Å². The number of hydrogen-bond acceptors (Lipinski definition) is 2. The van der Waals surface area contributed by atoms with Gasteiger partial charge in [-0.1, -0.05) is 53.0 Å². The summed E-state index contributed by atoms with van der Waals surface area (Å²) in [4.78, 5) is 11.4. The smallest absolute Gasteiger partial charge is 0.238 e. The van der Waals surface area contributed by atoms with Gasteiger partial charge in [-0.15, -0.1) is 0 Å². The molecule has 6 heteroatoms. The zero-order valence-electron chi connectivity index (χ0n) is 9.30. The number of carbonyl (C=O) groups excluding carboxylic acids is 1. The maximum Gasteiger partial charge on any atom is 0.238 e. The highest BCUT2D eigenvalue weighted by Gasteiger charge is 2.20. The van der Waals surface area contributed by atoms with Crippen LogP contribution in [-0.2, 0) is 4.79 Å². The molecule has 0 radical (unpaired) electrons. The summed E-state index contributed by atoms with van der Waals surface area (Å²) < 4.78 is 0. The lowest BCUT2D eigenvalue weighted by Crippen LogP contribution is -2.27. The van der Waals surface area contributed by atoms with Crippen molar-refractivity contribution in [1.29, 1.82) is 0 Å². The van der Waals surface area contributed by atoms with Gasteiger partial charge in [0.2, 0.25) is 5.91 Å². The number of amides is 1. The minimum absolute atomic E-state index is 0.100. The molecule has 0 aliphatic carbocycles. The average Bonchev–Trinajstić information content (AvgIpc) is 2.23. The van der Waals surface area contributed by atoms with E-state index in [-0.39, 0.29) is 33.1 Å². The molecule has 0 spiro atoms. The summed E-state index contributed by atoms with van der Waals surface area (Å²) in [6.07, 6.45) is 0. The number of carbonyl (C=O) groups is 1. The number of hydrogen-bond donors (Lipinski definition) is 2. The van der Waals surface area contributed by atoms with E-state index in [1.54, 1.807) is 0 Å². The van der Waals surface area contributed by atoms with E-state index in [9.17, 15) is 9.90 Å². The summed E-state index contributed by atoms with van der Waals surface area (Å²) in [5.41, 5.74) is 0.206. The summed E-state index contributed by atoms with van der Waals surface area (Å²) in [5.74, 6) is -0.312. The van der Waals surface area contributed by atoms with E-state index in [1.165, 1.54) is 12.1 Å². The number of alkyl halides is 1. The van der Waals surface area contributed by atoms with Gasteiger partial charge in [-0.05, 0) is 18.1 Å². The lowest BCUT2D eigenvalue weighted by atomic mass is 10.1. The Bertz CT molecular complexity index is 438. The molecule has 17 heavy (non-hydrogen) atoms. The average molecular weight is 341 g/mol. The van der Waals surface area contributed by atoms with Crippen LogP contribution in [0.15, 0.2) is 12.1 Å². The molecule has 1 aromatic rings. The van der Waals surface area contributed by atoms with Crippen molar-refractivity contribution in [3.05, 3.63) is 22.2 Å². The predicted molar refractivity (Wildman–Crippen MR) is 74.3 cm³/mol. The van der Waals surface area contributed by atoms with Crippen LogP contribution in [-0.4, -0.2) is 15.8 Å². The van der Waals surface area contributed by atoms with Crippen molar-refractivity contribution in [2.45, 2.75) is 18.7 Å². The Hall–Kier alpha value is -0.450. The molecule has 1 amide bonds. The third kappa shape index (κ3) is 3.76. The van der Waals surface area contributed by atoms with E-state index in [0.29, 0.717) is 5.02 Å². The molecule has 0 saturated heterocycles. The van der Waals surface area contributed by atoms with Gasteiger partial charge >= 0.3 is 0 Å². The normalized spacial score (nSPS) is 12.6. The first-order valence-electron chi connectivity index (χ1n) is 4.96. The lowest BCUT2D eigenvalue weighted by Gasteiger charge is -2.15. The van der Waals surface area contributed by atoms with Gasteiger partial charge in [-0.3, -0.25) is 4.79 Å². The van der Waals surface area contributed by atoms with E-state index in [4.69, 9.17) is 23.2 Å². The number of nitrogens with one attached hydrogen (secondary N) is 1. The van der Waals surface area contributed by atoms with Crippen molar-refractivity contribution >= 4 is 50.7 Å². The van der Waals surface area contributed by atoms with Crippen LogP contribution in [0.2, 0.25) is 10.0 Å². The fraction of sp³-hybridized carbons (Fsp3) is 0.364. The standard InChI is InChI=1S/C11H12BrCl2NO2/c1-5(2)9(12)11(17)15-8-4-6(13)3-7(14)10(8)16/h3-5,9,16H,1-2H3,(H,15,17)/t9-/m1/s1. The van der Waals surface area contributed by atoms with E-state index >= 15 is 0 Å². The first kappa shape index (κ1) is 14.6. The van der Waals surface area contributed by atoms with E-state index < -0.39 is 0 Å². The van der Waals surface area contributed by atoms with Crippen molar-refractivity contribution in [3.8, 4) is 5.75 Å². The van der Waals surface area contributed by atoms with Crippen molar-refractivity contribution in [1.82, 2.24) is 0 Å². The summed E-state index contributed by atoms with van der Waals surface area (Å²) >= 11 is 14.8. The molecule has 1 rings (SSSR count). The van der Waals surface area contributed by atoms with Crippen LogP contribution in [0.1, 0.15) is 13.8 Å². The SMILES string of the molecule is CC(C)[C@@H](Br)C(=O)Nc1cc(Cl)cc(Cl)c1O. The van der Waals surface area contributed by atoms with Gasteiger partial charge in [0.15, 0.2) is 5.75 Å². The summed E-state index contributed by atoms with van der Waals surface area (Å²) in [5, 5.41) is 12.7. The molecule has 2 N–H and O–H groups in total. The lowest BCUT2D eigenvalue weighted by molar-refractivity contribution is -0.116. The second kappa shape index (κ2) is 5.94. The number of phenolic OH excluding ortho intramolecular Hbond substituents is 1. The highest BCUT2D eigenvalue weighted by molar-refractivity contribution is 9.10. The Morgan fingerprint density at radius 2 is 2.00 bits per heavy atom. The predicted octanol–water partition coefficient (Wildman–Crippen LogP) is 4.06. The molecule has 1 atom stereocenters. The van der Waals surface area contributed by atoms with Crippen LogP contribution in [0.25, 0.3) is 0 Å². The largest absolute Gasteiger partial charge is 0.504 e. The fourth-order valence-corrected chi connectivity index (χ4v) is 1.77. The Morgan fingerprint density at radius 3 is 2.53 bits per heavy atom. The molecular weight excluding hydrogens is 329 g/mol. The molecule has 0 heterocycles. The third-order valence-corrected chi connectivity index (χ3v) is 4.10. The first-order chi connectivity index (χ1) is 7.82. The third-order valence-electron chi connectivity index (χ3n) is 2.12.